The molecular weight excluding hydrogens is 322 g/mol. The fraction of sp³-hybridized carbons (Fsp3) is 0.950. The molecule has 0 spiro atoms. The number of nitrogens with one attached hydrogen (secondary N) is 1. The number of rotatable bonds is 13. The van der Waals surface area contributed by atoms with Gasteiger partial charge in [0, 0.05) is 18.5 Å². The molecule has 0 aliphatic carbocycles. The highest BCUT2D eigenvalue weighted by Gasteiger charge is 2.24. The number of carbonyl (C=O) groups is 1. The molecule has 3 atom stereocenters. The normalized spacial score (nSPS) is 23.7. The van der Waals surface area contributed by atoms with Gasteiger partial charge in [0.25, 0.3) is 0 Å². The summed E-state index contributed by atoms with van der Waals surface area (Å²) >= 11 is 0. The standard InChI is InChI=1S/C20H39NO2.ClH/c1-17(22)13-11-9-7-5-3-4-6-8-10-12-14-19-15-16-20(23)18(2)21-19;/h18-21,23H,3-16H2,1-2H3;1H/t18-,19+,20-;/m1./s1. The number of piperidine rings is 1. The lowest BCUT2D eigenvalue weighted by atomic mass is 9.93. The minimum atomic E-state index is -0.145. The van der Waals surface area contributed by atoms with Crippen molar-refractivity contribution >= 4 is 18.2 Å². The maximum atomic E-state index is 10.8. The van der Waals surface area contributed by atoms with E-state index in [1.165, 1.54) is 64.2 Å². The van der Waals surface area contributed by atoms with Crippen molar-refractivity contribution in [1.29, 1.82) is 0 Å². The summed E-state index contributed by atoms with van der Waals surface area (Å²) in [5.74, 6) is 0.332. The van der Waals surface area contributed by atoms with E-state index in [0.717, 1.165) is 25.7 Å². The van der Waals surface area contributed by atoms with Crippen LogP contribution in [0, 0.1) is 0 Å². The summed E-state index contributed by atoms with van der Waals surface area (Å²) in [6.45, 7) is 3.78. The first kappa shape index (κ1) is 23.9. The number of ketones is 1. The van der Waals surface area contributed by atoms with Crippen LogP contribution < -0.4 is 5.32 Å². The number of Topliss-reactive ketones (excluding diaryl/α,β-unsaturated/α-hetero) is 1. The topological polar surface area (TPSA) is 49.3 Å². The van der Waals surface area contributed by atoms with E-state index in [0.29, 0.717) is 11.8 Å². The molecule has 1 saturated heterocycles. The molecule has 2 N–H and O–H groups in total. The predicted molar refractivity (Wildman–Crippen MR) is 105 cm³/mol. The molecule has 0 aromatic rings. The molecular formula is C20H40ClNO2. The summed E-state index contributed by atoms with van der Waals surface area (Å²) in [5.41, 5.74) is 0. The van der Waals surface area contributed by atoms with Gasteiger partial charge in [0.05, 0.1) is 6.10 Å². The Morgan fingerprint density at radius 3 is 1.92 bits per heavy atom. The van der Waals surface area contributed by atoms with Crippen LogP contribution in [-0.4, -0.2) is 29.1 Å². The van der Waals surface area contributed by atoms with Crippen LogP contribution in [0.3, 0.4) is 0 Å². The number of carbonyl (C=O) groups excluding carboxylic acids is 1. The maximum absolute atomic E-state index is 10.8. The second-order valence-corrected chi connectivity index (χ2v) is 7.57. The monoisotopic (exact) mass is 361 g/mol. The van der Waals surface area contributed by atoms with Gasteiger partial charge in [-0.3, -0.25) is 0 Å². The molecule has 1 aliphatic rings. The van der Waals surface area contributed by atoms with Crippen molar-refractivity contribution in [3.63, 3.8) is 0 Å². The molecule has 1 fully saturated rings. The second-order valence-electron chi connectivity index (χ2n) is 7.57. The smallest absolute Gasteiger partial charge is 0.129 e. The largest absolute Gasteiger partial charge is 0.392 e. The minimum absolute atomic E-state index is 0. The van der Waals surface area contributed by atoms with Crippen molar-refractivity contribution in [3.05, 3.63) is 0 Å². The lowest BCUT2D eigenvalue weighted by molar-refractivity contribution is -0.117. The Bertz CT molecular complexity index is 312. The van der Waals surface area contributed by atoms with Gasteiger partial charge in [-0.05, 0) is 39.5 Å². The molecule has 0 bridgehead atoms. The quantitative estimate of drug-likeness (QED) is 0.444. The fourth-order valence-corrected chi connectivity index (χ4v) is 3.59. The molecule has 24 heavy (non-hydrogen) atoms. The molecule has 0 aromatic carbocycles. The Hall–Kier alpha value is -0.120. The minimum Gasteiger partial charge on any atom is -0.392 e. The molecule has 0 radical (unpaired) electrons. The average Bonchev–Trinajstić information content (AvgIpc) is 2.51. The van der Waals surface area contributed by atoms with Crippen molar-refractivity contribution in [2.75, 3.05) is 0 Å². The van der Waals surface area contributed by atoms with Gasteiger partial charge in [0.1, 0.15) is 5.78 Å². The summed E-state index contributed by atoms with van der Waals surface area (Å²) in [6, 6.07) is 0.896. The number of aliphatic hydroxyl groups is 1. The summed E-state index contributed by atoms with van der Waals surface area (Å²) < 4.78 is 0. The Morgan fingerprint density at radius 2 is 1.42 bits per heavy atom. The first-order valence-electron chi connectivity index (χ1n) is 10.0. The zero-order chi connectivity index (χ0) is 16.9. The third-order valence-electron chi connectivity index (χ3n) is 5.22. The first-order chi connectivity index (χ1) is 11.1. The van der Waals surface area contributed by atoms with E-state index in [9.17, 15) is 9.90 Å². The van der Waals surface area contributed by atoms with Crippen molar-refractivity contribution in [1.82, 2.24) is 5.32 Å². The number of halogens is 1. The van der Waals surface area contributed by atoms with E-state index in [2.05, 4.69) is 12.2 Å². The van der Waals surface area contributed by atoms with E-state index in [-0.39, 0.29) is 24.6 Å². The van der Waals surface area contributed by atoms with Crippen LogP contribution in [-0.2, 0) is 4.79 Å². The number of unbranched alkanes of at least 4 members (excludes halogenated alkanes) is 9. The number of hydrogen-bond donors (Lipinski definition) is 2. The molecule has 0 unspecified atom stereocenters. The lowest BCUT2D eigenvalue weighted by Crippen LogP contribution is -2.48. The van der Waals surface area contributed by atoms with Gasteiger partial charge in [-0.1, -0.05) is 57.8 Å². The number of hydrogen-bond acceptors (Lipinski definition) is 3. The molecule has 0 amide bonds. The van der Waals surface area contributed by atoms with Crippen LogP contribution in [0.2, 0.25) is 0 Å². The third-order valence-corrected chi connectivity index (χ3v) is 5.22. The van der Waals surface area contributed by atoms with Crippen molar-refractivity contribution in [2.24, 2.45) is 0 Å². The highest BCUT2D eigenvalue weighted by atomic mass is 35.5. The highest BCUT2D eigenvalue weighted by molar-refractivity contribution is 5.85. The molecule has 144 valence electrons. The Kier molecular flexibility index (Phi) is 15.1. The Balaban J connectivity index is 0.00000529. The highest BCUT2D eigenvalue weighted by Crippen LogP contribution is 2.18. The molecule has 0 aromatic heterocycles. The van der Waals surface area contributed by atoms with Crippen LogP contribution in [0.5, 0.6) is 0 Å². The first-order valence-corrected chi connectivity index (χ1v) is 10.0. The van der Waals surface area contributed by atoms with Gasteiger partial charge in [-0.15, -0.1) is 12.4 Å². The van der Waals surface area contributed by atoms with Crippen LogP contribution in [0.1, 0.15) is 104 Å². The number of aliphatic hydroxyl groups excluding tert-OH is 1. The van der Waals surface area contributed by atoms with Crippen LogP contribution in [0.25, 0.3) is 0 Å². The van der Waals surface area contributed by atoms with Crippen molar-refractivity contribution in [3.8, 4) is 0 Å². The third kappa shape index (κ3) is 12.3. The van der Waals surface area contributed by atoms with E-state index < -0.39 is 0 Å². The summed E-state index contributed by atoms with van der Waals surface area (Å²) in [5, 5.41) is 13.2. The summed E-state index contributed by atoms with van der Waals surface area (Å²) in [7, 11) is 0. The van der Waals surface area contributed by atoms with Gasteiger partial charge in [0.2, 0.25) is 0 Å². The van der Waals surface area contributed by atoms with E-state index in [1.807, 2.05) is 0 Å². The van der Waals surface area contributed by atoms with E-state index in [1.54, 1.807) is 6.92 Å². The molecule has 1 aliphatic heterocycles. The average molecular weight is 362 g/mol. The summed E-state index contributed by atoms with van der Waals surface area (Å²) in [6.07, 6.45) is 17.1. The fourth-order valence-electron chi connectivity index (χ4n) is 3.59. The van der Waals surface area contributed by atoms with Crippen LogP contribution >= 0.6 is 12.4 Å². The molecule has 4 heteroatoms. The molecule has 1 heterocycles. The maximum Gasteiger partial charge on any atom is 0.129 e. The second kappa shape index (κ2) is 15.2. The van der Waals surface area contributed by atoms with Gasteiger partial charge in [0.15, 0.2) is 0 Å². The van der Waals surface area contributed by atoms with Crippen molar-refractivity contribution < 1.29 is 9.90 Å². The SMILES string of the molecule is CC(=O)CCCCCCCCCCCC[C@H]1CC[C@@H](O)[C@@H](C)N1.Cl. The van der Waals surface area contributed by atoms with Crippen LogP contribution in [0.15, 0.2) is 0 Å². The Labute approximate surface area is 155 Å². The molecule has 0 saturated carbocycles. The van der Waals surface area contributed by atoms with Crippen LogP contribution in [0.4, 0.5) is 0 Å². The lowest BCUT2D eigenvalue weighted by Gasteiger charge is -2.32. The zero-order valence-electron chi connectivity index (χ0n) is 15.9. The van der Waals surface area contributed by atoms with Gasteiger partial charge in [-0.2, -0.15) is 0 Å². The van der Waals surface area contributed by atoms with Gasteiger partial charge < -0.3 is 15.2 Å². The van der Waals surface area contributed by atoms with Gasteiger partial charge >= 0.3 is 0 Å². The molecule has 3 nitrogen and oxygen atoms in total. The molecule has 1 rings (SSSR count). The van der Waals surface area contributed by atoms with E-state index in [4.69, 9.17) is 0 Å². The zero-order valence-corrected chi connectivity index (χ0v) is 16.7. The van der Waals surface area contributed by atoms with E-state index >= 15 is 0 Å². The Morgan fingerprint density at radius 1 is 0.917 bits per heavy atom. The summed E-state index contributed by atoms with van der Waals surface area (Å²) in [4.78, 5) is 10.8. The van der Waals surface area contributed by atoms with Crippen molar-refractivity contribution in [2.45, 2.75) is 122 Å². The predicted octanol–water partition coefficient (Wildman–Crippen LogP) is 5.18. The van der Waals surface area contributed by atoms with Gasteiger partial charge in [-0.25, -0.2) is 0 Å².